The molecule has 1 aliphatic carbocycles. The molecule has 0 amide bonds. The highest BCUT2D eigenvalue weighted by molar-refractivity contribution is 5.77. The Kier molecular flexibility index (Phi) is 5.47. The highest BCUT2D eigenvalue weighted by Crippen LogP contribution is 2.26. The molecule has 0 saturated carbocycles. The van der Waals surface area contributed by atoms with E-state index in [0.717, 1.165) is 17.7 Å². The highest BCUT2D eigenvalue weighted by atomic mass is 16.5. The molecule has 126 valence electrons. The number of hydrogen-bond donors (Lipinski definition) is 0. The number of benzene rings is 2. The van der Waals surface area contributed by atoms with Crippen LogP contribution >= 0.6 is 0 Å². The summed E-state index contributed by atoms with van der Waals surface area (Å²) in [5.41, 5.74) is 1.99. The summed E-state index contributed by atoms with van der Waals surface area (Å²) in [4.78, 5) is 16.0. The van der Waals surface area contributed by atoms with Crippen molar-refractivity contribution in [3.63, 3.8) is 0 Å². The van der Waals surface area contributed by atoms with Crippen molar-refractivity contribution in [2.24, 2.45) is 0 Å². The van der Waals surface area contributed by atoms with Gasteiger partial charge in [-0.3, -0.25) is 4.79 Å². The molecule has 0 atom stereocenters. The van der Waals surface area contributed by atoms with E-state index in [-0.39, 0.29) is 5.43 Å². The van der Waals surface area contributed by atoms with E-state index in [0.29, 0.717) is 23.6 Å². The fourth-order valence-corrected chi connectivity index (χ4v) is 2.75. The van der Waals surface area contributed by atoms with Gasteiger partial charge in [-0.1, -0.05) is 39.0 Å². The van der Waals surface area contributed by atoms with Crippen LogP contribution < -0.4 is 10.2 Å². The first kappa shape index (κ1) is 16.5. The lowest BCUT2D eigenvalue weighted by molar-refractivity contribution is 0.304. The van der Waals surface area contributed by atoms with Crippen molar-refractivity contribution >= 4 is 11.1 Å². The molecule has 4 nitrogen and oxygen atoms in total. The van der Waals surface area contributed by atoms with Gasteiger partial charge in [-0.15, -0.1) is 0 Å². The molecule has 0 bridgehead atoms. The number of unbranched alkanes of at least 4 members (excludes halogenated alkanes) is 5. The first-order chi connectivity index (χ1) is 11.8. The maximum Gasteiger partial charge on any atom is 0.182 e. The van der Waals surface area contributed by atoms with Crippen molar-refractivity contribution in [3.05, 3.63) is 46.6 Å². The van der Waals surface area contributed by atoms with E-state index in [1.807, 2.05) is 18.2 Å². The molecule has 1 aromatic carbocycles. The molecule has 2 aliphatic rings. The van der Waals surface area contributed by atoms with Gasteiger partial charge < -0.3 is 9.15 Å². The number of fused-ring (bicyclic) bond motifs is 2. The van der Waals surface area contributed by atoms with E-state index in [2.05, 4.69) is 11.9 Å². The summed E-state index contributed by atoms with van der Waals surface area (Å²) in [5, 5.41) is 0. The average Bonchev–Trinajstić information content (AvgIpc) is 2.59. The summed E-state index contributed by atoms with van der Waals surface area (Å²) in [5.74, 6) is 1.28. The fraction of sp³-hybridized carbons (Fsp3) is 0.400. The molecule has 3 rings (SSSR count). The smallest absolute Gasteiger partial charge is 0.182 e. The summed E-state index contributed by atoms with van der Waals surface area (Å²) in [6.45, 7) is 2.94. The SMILES string of the molecule is CCCCCCCCOc1ccc2nc3ccc(=O)cc-3oc2c1. The maximum atomic E-state index is 11.4. The lowest BCUT2D eigenvalue weighted by atomic mass is 10.1. The predicted molar refractivity (Wildman–Crippen MR) is 95.8 cm³/mol. The number of hydrogen-bond acceptors (Lipinski definition) is 4. The van der Waals surface area contributed by atoms with Gasteiger partial charge in [0, 0.05) is 12.1 Å². The van der Waals surface area contributed by atoms with Gasteiger partial charge in [-0.05, 0) is 30.7 Å². The quantitative estimate of drug-likeness (QED) is 0.430. The van der Waals surface area contributed by atoms with Crippen molar-refractivity contribution < 1.29 is 9.15 Å². The lowest BCUT2D eigenvalue weighted by Crippen LogP contribution is -2.00. The van der Waals surface area contributed by atoms with Crippen LogP contribution in [0.1, 0.15) is 45.4 Å². The Morgan fingerprint density at radius 2 is 1.83 bits per heavy atom. The monoisotopic (exact) mass is 325 g/mol. The largest absolute Gasteiger partial charge is 0.493 e. The Labute approximate surface area is 141 Å². The van der Waals surface area contributed by atoms with Gasteiger partial charge in [-0.25, -0.2) is 4.98 Å². The fourth-order valence-electron chi connectivity index (χ4n) is 2.75. The summed E-state index contributed by atoms with van der Waals surface area (Å²) in [6.07, 6.45) is 7.45. The second kappa shape index (κ2) is 7.95. The van der Waals surface area contributed by atoms with Gasteiger partial charge in [-0.2, -0.15) is 0 Å². The molecule has 1 heterocycles. The van der Waals surface area contributed by atoms with E-state index in [1.54, 1.807) is 6.07 Å². The van der Waals surface area contributed by atoms with E-state index in [4.69, 9.17) is 9.15 Å². The first-order valence-corrected chi connectivity index (χ1v) is 8.74. The van der Waals surface area contributed by atoms with Crippen LogP contribution in [0.5, 0.6) is 5.75 Å². The van der Waals surface area contributed by atoms with E-state index in [9.17, 15) is 4.79 Å². The molecule has 0 unspecified atom stereocenters. The number of rotatable bonds is 8. The van der Waals surface area contributed by atoms with Crippen molar-refractivity contribution in [3.8, 4) is 17.2 Å². The van der Waals surface area contributed by atoms with Crippen molar-refractivity contribution in [2.45, 2.75) is 45.4 Å². The Hall–Kier alpha value is -2.36. The van der Waals surface area contributed by atoms with Crippen LogP contribution in [0.25, 0.3) is 22.6 Å². The molecule has 0 N–H and O–H groups in total. The van der Waals surface area contributed by atoms with Gasteiger partial charge >= 0.3 is 0 Å². The van der Waals surface area contributed by atoms with Crippen molar-refractivity contribution in [1.82, 2.24) is 4.98 Å². The predicted octanol–water partition coefficient (Wildman–Crippen LogP) is 5.03. The van der Waals surface area contributed by atoms with Crippen LogP contribution in [0.3, 0.4) is 0 Å². The molecule has 4 heteroatoms. The minimum atomic E-state index is -0.0807. The molecule has 0 aromatic heterocycles. The molecule has 0 saturated heterocycles. The third kappa shape index (κ3) is 4.13. The molecular weight excluding hydrogens is 302 g/mol. The molecule has 0 fully saturated rings. The van der Waals surface area contributed by atoms with Gasteiger partial charge in [0.2, 0.25) is 0 Å². The Morgan fingerprint density at radius 1 is 1.00 bits per heavy atom. The van der Waals surface area contributed by atoms with Crippen LogP contribution in [-0.4, -0.2) is 11.6 Å². The zero-order valence-electron chi connectivity index (χ0n) is 14.1. The first-order valence-electron chi connectivity index (χ1n) is 8.74. The van der Waals surface area contributed by atoms with E-state index >= 15 is 0 Å². The van der Waals surface area contributed by atoms with E-state index in [1.165, 1.54) is 44.2 Å². The van der Waals surface area contributed by atoms with Gasteiger partial charge in [0.1, 0.15) is 17.0 Å². The van der Waals surface area contributed by atoms with Crippen LogP contribution in [0.15, 0.2) is 45.6 Å². The van der Waals surface area contributed by atoms with Crippen LogP contribution in [0.4, 0.5) is 0 Å². The van der Waals surface area contributed by atoms with Gasteiger partial charge in [0.15, 0.2) is 16.8 Å². The molecule has 0 spiro atoms. The topological polar surface area (TPSA) is 52.3 Å². The number of ether oxygens (including phenoxy) is 1. The molecule has 0 radical (unpaired) electrons. The normalized spacial score (nSPS) is 11.2. The van der Waals surface area contributed by atoms with Crippen molar-refractivity contribution in [2.75, 3.05) is 6.61 Å². The summed E-state index contributed by atoms with van der Waals surface area (Å²) >= 11 is 0. The minimum Gasteiger partial charge on any atom is -0.493 e. The van der Waals surface area contributed by atoms with Crippen LogP contribution in [0, 0.1) is 0 Å². The Bertz CT molecular complexity index is 825. The molecular formula is C20H23NO3. The molecule has 24 heavy (non-hydrogen) atoms. The summed E-state index contributed by atoms with van der Waals surface area (Å²) in [6, 6.07) is 10.3. The molecule has 1 aliphatic heterocycles. The Morgan fingerprint density at radius 3 is 2.71 bits per heavy atom. The summed E-state index contributed by atoms with van der Waals surface area (Å²) in [7, 11) is 0. The third-order valence-electron chi connectivity index (χ3n) is 4.09. The maximum absolute atomic E-state index is 11.4. The second-order valence-corrected chi connectivity index (χ2v) is 6.09. The third-order valence-corrected chi connectivity index (χ3v) is 4.09. The highest BCUT2D eigenvalue weighted by Gasteiger charge is 2.09. The van der Waals surface area contributed by atoms with Gasteiger partial charge in [0.25, 0.3) is 0 Å². The standard InChI is InChI=1S/C20H23NO3/c1-2-3-4-5-6-7-12-23-16-9-11-18-20(14-16)24-19-13-15(22)8-10-17(19)21-18/h8-11,13-14H,2-7,12H2,1H3. The van der Waals surface area contributed by atoms with Gasteiger partial charge in [0.05, 0.1) is 6.61 Å². The van der Waals surface area contributed by atoms with Crippen molar-refractivity contribution in [1.29, 1.82) is 0 Å². The zero-order valence-corrected chi connectivity index (χ0v) is 14.1. The lowest BCUT2D eigenvalue weighted by Gasteiger charge is -2.09. The minimum absolute atomic E-state index is 0.0807. The zero-order chi connectivity index (χ0) is 16.8. The summed E-state index contributed by atoms with van der Waals surface area (Å²) < 4.78 is 11.6. The molecule has 1 aromatic rings. The number of aromatic nitrogens is 1. The van der Waals surface area contributed by atoms with E-state index < -0.39 is 0 Å². The van der Waals surface area contributed by atoms with Crippen LogP contribution in [-0.2, 0) is 0 Å². The Balaban J connectivity index is 1.64. The number of nitrogens with zero attached hydrogens (tertiary/aromatic N) is 1. The second-order valence-electron chi connectivity index (χ2n) is 6.09. The average molecular weight is 325 g/mol. The van der Waals surface area contributed by atoms with Crippen LogP contribution in [0.2, 0.25) is 0 Å².